The molecule has 0 amide bonds. The molecule has 108 valence electrons. The molecule has 4 nitrogen and oxygen atoms in total. The van der Waals surface area contributed by atoms with Gasteiger partial charge in [-0.3, -0.25) is 0 Å². The van der Waals surface area contributed by atoms with E-state index in [1.54, 1.807) is 4.31 Å². The molecule has 0 radical (unpaired) electrons. The summed E-state index contributed by atoms with van der Waals surface area (Å²) in [5.41, 5.74) is 0. The minimum atomic E-state index is -3.53. The van der Waals surface area contributed by atoms with Gasteiger partial charge in [0.2, 0.25) is 10.0 Å². The van der Waals surface area contributed by atoms with Gasteiger partial charge in [-0.25, -0.2) is 8.42 Å². The van der Waals surface area contributed by atoms with Gasteiger partial charge in [-0.05, 0) is 25.8 Å². The van der Waals surface area contributed by atoms with Crippen LogP contribution in [0.4, 0.5) is 0 Å². The quantitative estimate of drug-likeness (QED) is 0.948. The van der Waals surface area contributed by atoms with Crippen molar-refractivity contribution in [1.29, 1.82) is 0 Å². The summed E-state index contributed by atoms with van der Waals surface area (Å²) < 4.78 is 28.3. The molecule has 3 rings (SSSR count). The first-order valence-corrected chi connectivity index (χ1v) is 8.94. The van der Waals surface area contributed by atoms with E-state index in [4.69, 9.17) is 0 Å². The summed E-state index contributed by atoms with van der Waals surface area (Å²) in [6, 6.07) is 7.46. The fourth-order valence-corrected chi connectivity index (χ4v) is 6.30. The van der Waals surface area contributed by atoms with E-state index < -0.39 is 10.0 Å². The van der Waals surface area contributed by atoms with Crippen molar-refractivity contribution in [2.24, 2.45) is 0 Å². The van der Waals surface area contributed by atoms with E-state index in [0.717, 1.165) is 22.9 Å². The Hall–Kier alpha value is -0.950. The van der Waals surface area contributed by atoms with Gasteiger partial charge in [0.1, 0.15) is 4.90 Å². The first-order valence-electron chi connectivity index (χ1n) is 6.69. The number of benzene rings is 1. The molecule has 1 aliphatic heterocycles. The fraction of sp³-hybridized carbons (Fsp3) is 0.429. The first-order chi connectivity index (χ1) is 9.55. The molecule has 1 atom stereocenters. The molecule has 0 bridgehead atoms. The molecular weight excluding hydrogens is 294 g/mol. The van der Waals surface area contributed by atoms with Crippen LogP contribution in [0.1, 0.15) is 24.6 Å². The van der Waals surface area contributed by atoms with Gasteiger partial charge < -0.3 is 5.11 Å². The van der Waals surface area contributed by atoms with Crippen LogP contribution in [0, 0.1) is 0 Å². The second kappa shape index (κ2) is 5.11. The van der Waals surface area contributed by atoms with Crippen LogP contribution in [-0.2, 0) is 16.6 Å². The highest BCUT2D eigenvalue weighted by atomic mass is 32.2. The highest BCUT2D eigenvalue weighted by molar-refractivity contribution is 7.89. The summed E-state index contributed by atoms with van der Waals surface area (Å²) >= 11 is 1.35. The van der Waals surface area contributed by atoms with Crippen molar-refractivity contribution in [3.63, 3.8) is 0 Å². The summed E-state index contributed by atoms with van der Waals surface area (Å²) in [4.78, 5) is 0.833. The van der Waals surface area contributed by atoms with E-state index in [1.807, 2.05) is 31.2 Å². The molecule has 6 heteroatoms. The van der Waals surface area contributed by atoms with E-state index in [2.05, 4.69) is 0 Å². The van der Waals surface area contributed by atoms with E-state index in [1.165, 1.54) is 11.3 Å². The van der Waals surface area contributed by atoms with Crippen molar-refractivity contribution in [1.82, 2.24) is 4.31 Å². The van der Waals surface area contributed by atoms with E-state index in [-0.39, 0.29) is 12.6 Å². The topological polar surface area (TPSA) is 57.6 Å². The lowest BCUT2D eigenvalue weighted by Gasteiger charge is -2.21. The second-order valence-electron chi connectivity index (χ2n) is 5.12. The third-order valence-electron chi connectivity index (χ3n) is 3.82. The number of rotatable bonds is 3. The maximum Gasteiger partial charge on any atom is 0.245 e. The van der Waals surface area contributed by atoms with Gasteiger partial charge in [-0.1, -0.05) is 18.2 Å². The third-order valence-corrected chi connectivity index (χ3v) is 7.25. The Morgan fingerprint density at radius 3 is 2.80 bits per heavy atom. The largest absolute Gasteiger partial charge is 0.391 e. The maximum atomic E-state index is 12.9. The number of thiophene rings is 1. The van der Waals surface area contributed by atoms with Gasteiger partial charge in [0, 0.05) is 22.7 Å². The Morgan fingerprint density at radius 1 is 1.40 bits per heavy atom. The van der Waals surface area contributed by atoms with E-state index in [9.17, 15) is 13.5 Å². The smallest absolute Gasteiger partial charge is 0.245 e. The molecule has 2 heterocycles. The summed E-state index contributed by atoms with van der Waals surface area (Å²) in [6.45, 7) is 2.27. The fourth-order valence-electron chi connectivity index (χ4n) is 2.84. The molecule has 0 spiro atoms. The molecule has 1 aromatic heterocycles. The van der Waals surface area contributed by atoms with Crippen LogP contribution in [0.2, 0.25) is 0 Å². The van der Waals surface area contributed by atoms with Crippen LogP contribution in [0.3, 0.4) is 0 Å². The number of fused-ring (bicyclic) bond motifs is 1. The van der Waals surface area contributed by atoms with Crippen LogP contribution >= 0.6 is 11.3 Å². The van der Waals surface area contributed by atoms with Gasteiger partial charge in [0.25, 0.3) is 0 Å². The Bertz CT molecular complexity index is 736. The molecule has 1 aromatic carbocycles. The van der Waals surface area contributed by atoms with Gasteiger partial charge >= 0.3 is 0 Å². The SMILES string of the molecule is CC1CCCN1S(=O)(=O)c1c(CO)sc2ccccc12. The lowest BCUT2D eigenvalue weighted by Crippen LogP contribution is -2.34. The lowest BCUT2D eigenvalue weighted by atomic mass is 10.2. The molecule has 0 saturated carbocycles. The van der Waals surface area contributed by atoms with Crippen LogP contribution in [0.5, 0.6) is 0 Å². The molecule has 20 heavy (non-hydrogen) atoms. The number of hydrogen-bond acceptors (Lipinski definition) is 4. The number of hydrogen-bond donors (Lipinski definition) is 1. The summed E-state index contributed by atoms with van der Waals surface area (Å²) in [5, 5.41) is 10.2. The first kappa shape index (κ1) is 14.0. The molecule has 0 aliphatic carbocycles. The molecule has 1 saturated heterocycles. The maximum absolute atomic E-state index is 12.9. The molecule has 2 aromatic rings. The predicted octanol–water partition coefficient (Wildman–Crippen LogP) is 2.57. The van der Waals surface area contributed by atoms with Crippen molar-refractivity contribution < 1.29 is 13.5 Å². The zero-order chi connectivity index (χ0) is 14.3. The second-order valence-corrected chi connectivity index (χ2v) is 8.08. The minimum Gasteiger partial charge on any atom is -0.391 e. The van der Waals surface area contributed by atoms with Crippen LogP contribution in [0.15, 0.2) is 29.2 Å². The number of sulfonamides is 1. The molecular formula is C14H17NO3S2. The standard InChI is InChI=1S/C14H17NO3S2/c1-10-5-4-8-15(10)20(17,18)14-11-6-2-3-7-12(11)19-13(14)9-16/h2-3,6-7,10,16H,4-5,8-9H2,1H3. The third kappa shape index (κ3) is 2.07. The van der Waals surface area contributed by atoms with Crippen molar-refractivity contribution in [3.8, 4) is 0 Å². The number of nitrogens with zero attached hydrogens (tertiary/aromatic N) is 1. The van der Waals surface area contributed by atoms with Crippen molar-refractivity contribution in [3.05, 3.63) is 29.1 Å². The van der Waals surface area contributed by atoms with Gasteiger partial charge in [-0.2, -0.15) is 4.31 Å². The van der Waals surface area contributed by atoms with Crippen LogP contribution in [-0.4, -0.2) is 30.4 Å². The summed E-state index contributed by atoms with van der Waals surface area (Å²) in [5.74, 6) is 0. The molecule has 1 unspecified atom stereocenters. The average molecular weight is 311 g/mol. The molecule has 1 fully saturated rings. The highest BCUT2D eigenvalue weighted by Crippen LogP contribution is 2.38. The van der Waals surface area contributed by atoms with Crippen molar-refractivity contribution in [2.45, 2.75) is 37.3 Å². The normalized spacial score (nSPS) is 20.8. The van der Waals surface area contributed by atoms with Crippen LogP contribution < -0.4 is 0 Å². The predicted molar refractivity (Wildman–Crippen MR) is 80.3 cm³/mol. The number of aliphatic hydroxyl groups excluding tert-OH is 1. The van der Waals surface area contributed by atoms with Gasteiger partial charge in [0.05, 0.1) is 11.5 Å². The Kier molecular flexibility index (Phi) is 3.58. The minimum absolute atomic E-state index is 0.0326. The Morgan fingerprint density at radius 2 is 2.15 bits per heavy atom. The van der Waals surface area contributed by atoms with Crippen molar-refractivity contribution in [2.75, 3.05) is 6.54 Å². The molecule has 1 N–H and O–H groups in total. The van der Waals surface area contributed by atoms with E-state index in [0.29, 0.717) is 16.3 Å². The average Bonchev–Trinajstić information content (AvgIpc) is 3.01. The zero-order valence-corrected chi connectivity index (χ0v) is 12.9. The highest BCUT2D eigenvalue weighted by Gasteiger charge is 2.35. The summed E-state index contributed by atoms with van der Waals surface area (Å²) in [7, 11) is -3.53. The monoisotopic (exact) mass is 311 g/mol. The summed E-state index contributed by atoms with van der Waals surface area (Å²) in [6.07, 6.45) is 1.80. The Balaban J connectivity index is 2.22. The molecule has 1 aliphatic rings. The lowest BCUT2D eigenvalue weighted by molar-refractivity contribution is 0.282. The van der Waals surface area contributed by atoms with Gasteiger partial charge in [0.15, 0.2) is 0 Å². The number of aliphatic hydroxyl groups is 1. The Labute approximate surface area is 122 Å². The van der Waals surface area contributed by atoms with Crippen LogP contribution in [0.25, 0.3) is 10.1 Å². The van der Waals surface area contributed by atoms with Gasteiger partial charge in [-0.15, -0.1) is 11.3 Å². The van der Waals surface area contributed by atoms with Crippen molar-refractivity contribution >= 4 is 31.4 Å². The van der Waals surface area contributed by atoms with E-state index >= 15 is 0 Å². The zero-order valence-electron chi connectivity index (χ0n) is 11.2.